The molecule has 2 fully saturated rings. The fraction of sp³-hybridized carbons (Fsp3) is 0.479. The molecule has 6 atom stereocenters. The van der Waals surface area contributed by atoms with Crippen LogP contribution in [-0.4, -0.2) is 113 Å². The van der Waals surface area contributed by atoms with Crippen molar-refractivity contribution in [1.29, 1.82) is 0 Å². The highest BCUT2D eigenvalue weighted by Gasteiger charge is 2.41. The molecule has 0 radical (unpaired) electrons. The van der Waals surface area contributed by atoms with E-state index in [-0.39, 0.29) is 103 Å². The number of imide groups is 1. The van der Waals surface area contributed by atoms with Crippen molar-refractivity contribution in [2.24, 2.45) is 17.6 Å². The second-order valence-electron chi connectivity index (χ2n) is 18.3. The Morgan fingerprint density at radius 1 is 0.944 bits per heavy atom. The molecular weight excluding hydrogens is 952 g/mol. The normalized spacial score (nSPS) is 18.5. The molecule has 0 bridgehead atoms. The Morgan fingerprint density at radius 3 is 2.27 bits per heavy atom. The van der Waals surface area contributed by atoms with E-state index in [0.717, 1.165) is 17.2 Å². The van der Waals surface area contributed by atoms with Gasteiger partial charge in [-0.25, -0.2) is 23.2 Å². The van der Waals surface area contributed by atoms with Crippen LogP contribution in [0.15, 0.2) is 53.5 Å². The Labute approximate surface area is 412 Å². The Morgan fingerprint density at radius 2 is 1.63 bits per heavy atom. The summed E-state index contributed by atoms with van der Waals surface area (Å²) in [5, 5.41) is 22.7. The quantitative estimate of drug-likeness (QED) is 0.0514. The third-order valence-corrected chi connectivity index (χ3v) is 13.0. The number of alkyl carbamates (subject to hydrolysis) is 1. The number of nitrogens with zero attached hydrogens (tertiary/aromatic N) is 3. The number of carboxylic acids is 1. The minimum absolute atomic E-state index is 0.0184. The zero-order valence-electron chi connectivity index (χ0n) is 39.4. The van der Waals surface area contributed by atoms with Crippen molar-refractivity contribution >= 4 is 81.5 Å². The number of anilines is 2. The zero-order chi connectivity index (χ0) is 51.7. The monoisotopic (exact) mass is 1010 g/mol. The lowest BCUT2D eigenvalue weighted by Crippen LogP contribution is -2.54. The first kappa shape index (κ1) is 53.3. The maximum absolute atomic E-state index is 15.7. The van der Waals surface area contributed by atoms with Gasteiger partial charge in [0.25, 0.3) is 11.8 Å². The summed E-state index contributed by atoms with van der Waals surface area (Å²) in [6, 6.07) is 3.31. The first-order valence-corrected chi connectivity index (χ1v) is 23.8. The number of pyridine rings is 1. The first-order valence-electron chi connectivity index (χ1n) is 23.4. The predicted molar refractivity (Wildman–Crippen MR) is 257 cm³/mol. The summed E-state index contributed by atoms with van der Waals surface area (Å²) >= 11 is 6.76. The molecular formula is C48H58ClF2N9O11. The van der Waals surface area contributed by atoms with E-state index in [4.69, 9.17) is 22.1 Å². The van der Waals surface area contributed by atoms with Gasteiger partial charge >= 0.3 is 18.1 Å². The van der Waals surface area contributed by atoms with Crippen molar-refractivity contribution in [2.45, 2.75) is 109 Å². The van der Waals surface area contributed by atoms with Gasteiger partial charge in [0.1, 0.15) is 36.2 Å². The van der Waals surface area contributed by atoms with E-state index < -0.39 is 77.1 Å². The van der Waals surface area contributed by atoms with Crippen molar-refractivity contribution < 1.29 is 57.0 Å². The molecule has 1 aromatic heterocycles. The van der Waals surface area contributed by atoms with Crippen molar-refractivity contribution in [3.8, 4) is 0 Å². The molecule has 6 rings (SSSR count). The number of hydrogen-bond acceptors (Lipinski definition) is 11. The van der Waals surface area contributed by atoms with Crippen molar-refractivity contribution in [3.05, 3.63) is 80.9 Å². The van der Waals surface area contributed by atoms with Crippen molar-refractivity contribution in [2.75, 3.05) is 36.4 Å². The number of unbranched alkanes of at least 4 members (excludes halogenated alkanes) is 2. The number of ether oxygens (including phenoxy) is 1. The van der Waals surface area contributed by atoms with E-state index in [1.54, 1.807) is 49.9 Å². The summed E-state index contributed by atoms with van der Waals surface area (Å²) in [5.74, 6) is -5.22. The fourth-order valence-corrected chi connectivity index (χ4v) is 9.00. The number of halogens is 3. The Bertz CT molecular complexity index is 2630. The van der Waals surface area contributed by atoms with E-state index >= 15 is 4.39 Å². The van der Waals surface area contributed by atoms with Gasteiger partial charge in [0, 0.05) is 69.1 Å². The highest BCUT2D eigenvalue weighted by Crippen LogP contribution is 2.45. The van der Waals surface area contributed by atoms with E-state index in [0.29, 0.717) is 43.5 Å². The number of urea groups is 1. The molecule has 3 aromatic rings. The first-order chi connectivity index (χ1) is 33.7. The molecule has 382 valence electrons. The Kier molecular flexibility index (Phi) is 17.8. The molecule has 71 heavy (non-hydrogen) atoms. The van der Waals surface area contributed by atoms with Crippen LogP contribution in [0.3, 0.4) is 0 Å². The number of carboxylic acid groups (broad SMARTS) is 1. The second-order valence-corrected chi connectivity index (χ2v) is 18.6. The van der Waals surface area contributed by atoms with E-state index in [1.165, 1.54) is 16.7 Å². The van der Waals surface area contributed by atoms with E-state index in [2.05, 4.69) is 26.6 Å². The third-order valence-electron chi connectivity index (χ3n) is 12.7. The number of primary amides is 1. The molecule has 2 aliphatic heterocycles. The molecule has 0 spiro atoms. The average Bonchev–Trinajstić information content (AvgIpc) is 3.67. The Balaban J connectivity index is 0.987. The average molecular weight is 1010 g/mol. The number of amides is 8. The number of alkyl halides is 1. The number of nitrogens with two attached hydrogens (primary N) is 1. The number of benzene rings is 2. The van der Waals surface area contributed by atoms with Crippen LogP contribution in [0.1, 0.15) is 94.1 Å². The number of hydrogen-bond donors (Lipinski definition) is 7. The van der Waals surface area contributed by atoms with Gasteiger partial charge in [-0.05, 0) is 74.6 Å². The SMILES string of the molecule is CC(C)C(NC(=O)CCCCCN1C(=O)C=CC1=O)C(=O)N[C@@H](CCCNC(N)=O)C(=O)Nc1ccc(COC(=O)NC(C)C2CCN(c3c(F)cc4c(=O)c(C(=O)O)cn([C@H]5C[C@@H]5F)c4c3Cl)C2)cc1. The van der Waals surface area contributed by atoms with Crippen LogP contribution in [0, 0.1) is 17.7 Å². The maximum atomic E-state index is 15.7. The molecule has 23 heteroatoms. The summed E-state index contributed by atoms with van der Waals surface area (Å²) < 4.78 is 36.8. The number of aromatic nitrogens is 1. The van der Waals surface area contributed by atoms with Gasteiger partial charge in [-0.3, -0.25) is 33.7 Å². The maximum Gasteiger partial charge on any atom is 0.407 e. The smallest absolute Gasteiger partial charge is 0.407 e. The van der Waals surface area contributed by atoms with Crippen LogP contribution in [0.2, 0.25) is 5.02 Å². The van der Waals surface area contributed by atoms with Gasteiger partial charge < -0.3 is 51.6 Å². The van der Waals surface area contributed by atoms with E-state index in [1.807, 2.05) is 0 Å². The van der Waals surface area contributed by atoms with Crippen LogP contribution in [0.4, 0.5) is 29.7 Å². The lowest BCUT2D eigenvalue weighted by Gasteiger charge is -2.25. The predicted octanol–water partition coefficient (Wildman–Crippen LogP) is 4.41. The standard InChI is InChI=1S/C48H58ClF2N9O11/c1-25(2)40(57-36(61)9-5-4-6-18-59-37(62)14-15-38(59)63)45(66)56-34(8-7-17-53-47(52)69)44(65)55-29-12-10-27(11-13-29)24-71-48(70)54-26(3)28-16-19-58(22-28)42-33(51)20-30-41(39(42)49)60(35-21-32(35)50)23-31(43(30)64)46(67)68/h10-15,20,23,25-26,28,32,34-35,40H,4-9,16-19,21-22,24H2,1-3H3,(H,54,70)(H,55,65)(H,56,66)(H,57,61)(H,67,68)(H3,52,53,69)/t26?,28?,32-,34-,35-,40?/m0/s1. The lowest BCUT2D eigenvalue weighted by atomic mass is 10.0. The van der Waals surface area contributed by atoms with Crippen LogP contribution in [-0.2, 0) is 35.3 Å². The Hall–Kier alpha value is -7.10. The minimum atomic E-state index is -1.53. The molecule has 3 unspecified atom stereocenters. The number of nitrogens with one attached hydrogen (secondary N) is 5. The lowest BCUT2D eigenvalue weighted by molar-refractivity contribution is -0.137. The number of carbonyl (C=O) groups is 8. The summed E-state index contributed by atoms with van der Waals surface area (Å²) in [7, 11) is 0. The van der Waals surface area contributed by atoms with Gasteiger partial charge in [-0.2, -0.15) is 0 Å². The van der Waals surface area contributed by atoms with Gasteiger partial charge in [0.05, 0.1) is 27.7 Å². The number of aromatic carboxylic acids is 1. The minimum Gasteiger partial charge on any atom is -0.477 e. The van der Waals surface area contributed by atoms with Crippen LogP contribution in [0.5, 0.6) is 0 Å². The molecule has 8 amide bonds. The van der Waals surface area contributed by atoms with Crippen LogP contribution < -0.4 is 42.6 Å². The molecule has 2 aromatic carbocycles. The summed E-state index contributed by atoms with van der Waals surface area (Å²) in [6.45, 7) is 6.06. The fourth-order valence-electron chi connectivity index (χ4n) is 8.59. The zero-order valence-corrected chi connectivity index (χ0v) is 40.2. The van der Waals surface area contributed by atoms with E-state index in [9.17, 15) is 52.6 Å². The topological polar surface area (TPSA) is 281 Å². The highest BCUT2D eigenvalue weighted by atomic mass is 35.5. The molecule has 3 heterocycles. The molecule has 1 saturated heterocycles. The molecule has 1 saturated carbocycles. The van der Waals surface area contributed by atoms with Crippen molar-refractivity contribution in [3.63, 3.8) is 0 Å². The third kappa shape index (κ3) is 13.6. The summed E-state index contributed by atoms with van der Waals surface area (Å²) in [5.41, 5.74) is 4.59. The van der Waals surface area contributed by atoms with Gasteiger partial charge in [-0.1, -0.05) is 44.0 Å². The number of carbonyl (C=O) groups excluding carboxylic acids is 7. The van der Waals surface area contributed by atoms with Gasteiger partial charge in [0.15, 0.2) is 0 Å². The summed E-state index contributed by atoms with van der Waals surface area (Å²) in [4.78, 5) is 115. The number of fused-ring (bicyclic) bond motifs is 1. The molecule has 1 aliphatic carbocycles. The van der Waals surface area contributed by atoms with Crippen LogP contribution in [0.25, 0.3) is 10.9 Å². The highest BCUT2D eigenvalue weighted by molar-refractivity contribution is 6.38. The second kappa shape index (κ2) is 23.7. The van der Waals surface area contributed by atoms with Gasteiger partial charge in [-0.15, -0.1) is 0 Å². The van der Waals surface area contributed by atoms with Crippen molar-refractivity contribution in [1.82, 2.24) is 30.7 Å². The molecule has 8 N–H and O–H groups in total. The molecule has 3 aliphatic rings. The summed E-state index contributed by atoms with van der Waals surface area (Å²) in [6.07, 6.45) is 4.06. The van der Waals surface area contributed by atoms with Crippen LogP contribution >= 0.6 is 11.6 Å². The molecule has 20 nitrogen and oxygen atoms in total. The van der Waals surface area contributed by atoms with Gasteiger partial charge in [0.2, 0.25) is 23.2 Å². The largest absolute Gasteiger partial charge is 0.477 e. The number of rotatable bonds is 23.